The van der Waals surface area contributed by atoms with E-state index in [0.717, 1.165) is 6.20 Å². The Hall–Kier alpha value is -4.21. The van der Waals surface area contributed by atoms with Crippen LogP contribution in [0.5, 0.6) is 0 Å². The van der Waals surface area contributed by atoms with E-state index in [1.54, 1.807) is 12.1 Å². The Bertz CT molecular complexity index is 1510. The summed E-state index contributed by atoms with van der Waals surface area (Å²) in [6, 6.07) is 6.77. The molecule has 0 saturated carbocycles. The molecule has 0 radical (unpaired) electrons. The number of piperidine rings is 1. The van der Waals surface area contributed by atoms with Gasteiger partial charge in [0.2, 0.25) is 11.8 Å². The molecule has 10 heteroatoms. The summed E-state index contributed by atoms with van der Waals surface area (Å²) in [5.74, 6) is -4.82. The molecule has 8 nitrogen and oxygen atoms in total. The minimum absolute atomic E-state index is 0.0738. The number of fused-ring (bicyclic) bond motifs is 1. The minimum atomic E-state index is -3.43. The Kier molecular flexibility index (Phi) is 5.31. The van der Waals surface area contributed by atoms with Crippen LogP contribution in [0.15, 0.2) is 48.9 Å². The Balaban J connectivity index is 0.00000124. The first kappa shape index (κ1) is 22.6. The number of nitrogens with one attached hydrogen (secondary N) is 2. The number of carbonyl (C=O) groups excluding carboxylic acids is 3. The number of halogens is 2. The van der Waals surface area contributed by atoms with Crippen LogP contribution in [0.4, 0.5) is 14.6 Å². The smallest absolute Gasteiger partial charge is 0.302 e. The van der Waals surface area contributed by atoms with Crippen molar-refractivity contribution in [3.05, 3.63) is 65.6 Å². The normalized spacial score (nSPS) is 17.5. The van der Waals surface area contributed by atoms with Crippen LogP contribution in [0.1, 0.15) is 48.2 Å². The number of hydrogen-bond acceptors (Lipinski definition) is 5. The molecule has 0 spiro atoms. The highest BCUT2D eigenvalue weighted by molar-refractivity contribution is 6.26. The van der Waals surface area contributed by atoms with E-state index >= 15 is 8.78 Å². The highest BCUT2D eigenvalue weighted by Crippen LogP contribution is 2.46. The fourth-order valence-corrected chi connectivity index (χ4v) is 4.69. The van der Waals surface area contributed by atoms with Crippen LogP contribution in [0.25, 0.3) is 21.8 Å². The van der Waals surface area contributed by atoms with Crippen molar-refractivity contribution < 1.29 is 23.2 Å². The highest BCUT2D eigenvalue weighted by Gasteiger charge is 2.44. The van der Waals surface area contributed by atoms with Crippen LogP contribution < -0.4 is 10.2 Å². The molecule has 1 saturated heterocycles. The van der Waals surface area contributed by atoms with Gasteiger partial charge in [0.25, 0.3) is 5.91 Å². The van der Waals surface area contributed by atoms with Crippen LogP contribution in [-0.2, 0) is 15.5 Å². The molecule has 1 unspecified atom stereocenters. The lowest BCUT2D eigenvalue weighted by molar-refractivity contribution is -0.134. The minimum Gasteiger partial charge on any atom is -0.346 e. The predicted octanol–water partition coefficient (Wildman–Crippen LogP) is 4.04. The van der Waals surface area contributed by atoms with Crippen molar-refractivity contribution in [1.82, 2.24) is 20.3 Å². The first-order valence-electron chi connectivity index (χ1n) is 11.3. The van der Waals surface area contributed by atoms with E-state index in [1.165, 1.54) is 35.5 Å². The lowest BCUT2D eigenvalue weighted by atomic mass is 9.95. The summed E-state index contributed by atoms with van der Waals surface area (Å²) < 4.78 is 31.7. The molecule has 4 aromatic rings. The summed E-state index contributed by atoms with van der Waals surface area (Å²) in [7, 11) is 0. The molecule has 5 heterocycles. The summed E-state index contributed by atoms with van der Waals surface area (Å²) >= 11 is 0. The number of amides is 3. The maximum absolute atomic E-state index is 15.8. The Morgan fingerprint density at radius 3 is 2.57 bits per heavy atom. The van der Waals surface area contributed by atoms with Crippen LogP contribution in [0.2, 0.25) is 0 Å². The maximum Gasteiger partial charge on any atom is 0.302 e. The quantitative estimate of drug-likeness (QED) is 0.433. The zero-order valence-corrected chi connectivity index (χ0v) is 18.9. The molecule has 1 atom stereocenters. The summed E-state index contributed by atoms with van der Waals surface area (Å²) in [6.07, 6.45) is 3.99. The Morgan fingerprint density at radius 2 is 1.80 bits per heavy atom. The number of carbonyl (C=O) groups is 3. The van der Waals surface area contributed by atoms with Gasteiger partial charge in [0.1, 0.15) is 17.5 Å². The molecule has 1 fully saturated rings. The second kappa shape index (κ2) is 8.23. The summed E-state index contributed by atoms with van der Waals surface area (Å²) in [6.45, 7) is 4.00. The number of aromatic amines is 1. The fourth-order valence-electron chi connectivity index (χ4n) is 4.69. The lowest BCUT2D eigenvalue weighted by Gasteiger charge is -2.29. The van der Waals surface area contributed by atoms with Gasteiger partial charge in [-0.25, -0.2) is 9.97 Å². The molecule has 35 heavy (non-hydrogen) atoms. The molecule has 6 rings (SSSR count). The molecule has 3 aromatic heterocycles. The molecule has 3 amide bonds. The van der Waals surface area contributed by atoms with Gasteiger partial charge in [0.05, 0.1) is 16.7 Å². The zero-order valence-electron chi connectivity index (χ0n) is 18.9. The average Bonchev–Trinajstić information content (AvgIpc) is 3.42. The fraction of sp³-hybridized carbons (Fsp3) is 0.240. The molecule has 2 aliphatic rings. The van der Waals surface area contributed by atoms with Crippen LogP contribution in [0, 0.1) is 0 Å². The number of anilines is 1. The van der Waals surface area contributed by atoms with Crippen LogP contribution in [0.3, 0.4) is 0 Å². The largest absolute Gasteiger partial charge is 0.346 e. The summed E-state index contributed by atoms with van der Waals surface area (Å²) in [5, 5.41) is 2.95. The number of rotatable bonds is 3. The first-order valence-corrected chi connectivity index (χ1v) is 11.3. The Morgan fingerprint density at radius 1 is 1.03 bits per heavy atom. The van der Waals surface area contributed by atoms with Crippen molar-refractivity contribution in [3.63, 3.8) is 0 Å². The van der Waals surface area contributed by atoms with E-state index in [-0.39, 0.29) is 51.5 Å². The molecule has 0 bridgehead atoms. The molecular weight excluding hydrogens is 456 g/mol. The van der Waals surface area contributed by atoms with Gasteiger partial charge in [-0.1, -0.05) is 26.0 Å². The van der Waals surface area contributed by atoms with Crippen molar-refractivity contribution in [3.8, 4) is 0 Å². The maximum atomic E-state index is 15.8. The van der Waals surface area contributed by atoms with Crippen molar-refractivity contribution in [1.29, 1.82) is 0 Å². The number of H-pyrrole nitrogens is 1. The number of aromatic nitrogens is 3. The molecule has 1 aromatic carbocycles. The zero-order chi connectivity index (χ0) is 24.9. The molecule has 178 valence electrons. The van der Waals surface area contributed by atoms with Gasteiger partial charge in [-0.2, -0.15) is 8.78 Å². The third-order valence-corrected chi connectivity index (χ3v) is 6.22. The van der Waals surface area contributed by atoms with Crippen molar-refractivity contribution in [2.45, 2.75) is 38.7 Å². The Labute approximate surface area is 198 Å². The van der Waals surface area contributed by atoms with Gasteiger partial charge in [0, 0.05) is 35.8 Å². The summed E-state index contributed by atoms with van der Waals surface area (Å²) in [4.78, 5) is 49.4. The van der Waals surface area contributed by atoms with Crippen LogP contribution >= 0.6 is 0 Å². The second-order valence-electron chi connectivity index (χ2n) is 8.04. The highest BCUT2D eigenvalue weighted by atomic mass is 19.3. The van der Waals surface area contributed by atoms with E-state index in [4.69, 9.17) is 0 Å². The van der Waals surface area contributed by atoms with E-state index in [9.17, 15) is 14.4 Å². The molecule has 2 N–H and O–H groups in total. The monoisotopic (exact) mass is 477 g/mol. The predicted molar refractivity (Wildman–Crippen MR) is 125 cm³/mol. The number of hydrogen-bond donors (Lipinski definition) is 2. The number of benzene rings is 1. The third-order valence-electron chi connectivity index (χ3n) is 6.22. The van der Waals surface area contributed by atoms with Crippen molar-refractivity contribution >= 4 is 45.3 Å². The van der Waals surface area contributed by atoms with E-state index < -0.39 is 29.7 Å². The third kappa shape index (κ3) is 3.28. The molecular formula is C25H21F2N5O3. The van der Waals surface area contributed by atoms with E-state index in [2.05, 4.69) is 20.3 Å². The van der Waals surface area contributed by atoms with Crippen molar-refractivity contribution in [2.75, 3.05) is 4.90 Å². The van der Waals surface area contributed by atoms with Crippen LogP contribution in [-0.4, -0.2) is 38.7 Å². The molecule has 2 aliphatic heterocycles. The van der Waals surface area contributed by atoms with Gasteiger partial charge in [-0.15, -0.1) is 0 Å². The van der Waals surface area contributed by atoms with Gasteiger partial charge >= 0.3 is 5.92 Å². The number of nitrogens with zero attached hydrogens (tertiary/aromatic N) is 3. The average molecular weight is 477 g/mol. The van der Waals surface area contributed by atoms with Crippen molar-refractivity contribution in [2.24, 2.45) is 0 Å². The number of alkyl halides is 2. The first-order chi connectivity index (χ1) is 16.9. The number of pyridine rings is 2. The van der Waals surface area contributed by atoms with Gasteiger partial charge in [-0.3, -0.25) is 24.6 Å². The number of imide groups is 1. The van der Waals surface area contributed by atoms with E-state index in [0.29, 0.717) is 5.65 Å². The lowest BCUT2D eigenvalue weighted by Crippen LogP contribution is -2.53. The van der Waals surface area contributed by atoms with E-state index in [1.807, 2.05) is 13.8 Å². The topological polar surface area (TPSA) is 108 Å². The standard InChI is InChI=1S/C23H15F2N5O3.C2H6/c24-23(25,15-9-27-19-12(15)5-2-8-26-19)14-10-28-20-18-11(14)3-1-4-13(18)22(33)30(20)16-6-7-17(31)29-21(16)32;1-2/h1-5,8-10,16H,6-7H2,(H,26,27)(H,29,31,32);1-2H3. The second-order valence-corrected chi connectivity index (χ2v) is 8.04. The van der Waals surface area contributed by atoms with Gasteiger partial charge in [0.15, 0.2) is 0 Å². The summed E-state index contributed by atoms with van der Waals surface area (Å²) in [5.41, 5.74) is -0.0755. The SMILES string of the molecule is CC.O=C1CCC(N2C(=O)c3cccc4c(C(F)(F)c5c[nH]c6ncccc56)cnc2c34)C(=O)N1. The molecule has 0 aliphatic carbocycles. The van der Waals surface area contributed by atoms with Gasteiger partial charge < -0.3 is 4.98 Å². The van der Waals surface area contributed by atoms with Gasteiger partial charge in [-0.05, 0) is 30.0 Å².